The third-order valence-corrected chi connectivity index (χ3v) is 7.71. The number of ether oxygens (including phenoxy) is 2. The summed E-state index contributed by atoms with van der Waals surface area (Å²) in [5, 5.41) is 0. The predicted octanol–water partition coefficient (Wildman–Crippen LogP) is 9.87. The average molecular weight is 535 g/mol. The molecule has 0 bridgehead atoms. The van der Waals surface area contributed by atoms with E-state index in [9.17, 15) is 4.79 Å². The van der Waals surface area contributed by atoms with Gasteiger partial charge in [-0.05, 0) is 79.1 Å². The lowest BCUT2D eigenvalue weighted by molar-refractivity contribution is -0.131. The normalized spacial score (nSPS) is 13.1. The van der Waals surface area contributed by atoms with E-state index >= 15 is 0 Å². The molecule has 3 nitrogen and oxygen atoms in total. The van der Waals surface area contributed by atoms with Crippen molar-refractivity contribution in [3.8, 4) is 33.8 Å². The summed E-state index contributed by atoms with van der Waals surface area (Å²) < 4.78 is 12.2. The van der Waals surface area contributed by atoms with Gasteiger partial charge >= 0.3 is 5.97 Å². The number of rotatable bonds is 10. The topological polar surface area (TPSA) is 35.5 Å². The minimum Gasteiger partial charge on any atom is -0.487 e. The number of esters is 1. The first-order chi connectivity index (χ1) is 19.0. The van der Waals surface area contributed by atoms with E-state index in [1.54, 1.807) is 0 Å². The lowest BCUT2D eigenvalue weighted by Crippen LogP contribution is -2.28. The van der Waals surface area contributed by atoms with Gasteiger partial charge in [0.05, 0.1) is 0 Å². The van der Waals surface area contributed by atoms with Crippen molar-refractivity contribution < 1.29 is 14.3 Å². The Morgan fingerprint density at radius 1 is 0.725 bits per heavy atom. The molecule has 0 heterocycles. The molecule has 0 aliphatic heterocycles. The number of carbonyl (C=O) groups is 1. The second-order valence-electron chi connectivity index (χ2n) is 11.9. The zero-order valence-electron chi connectivity index (χ0n) is 25.0. The van der Waals surface area contributed by atoms with Gasteiger partial charge in [-0.1, -0.05) is 100 Å². The van der Waals surface area contributed by atoms with Crippen molar-refractivity contribution in [3.63, 3.8) is 0 Å². The first kappa shape index (κ1) is 29.1. The maximum Gasteiger partial charge on any atom is 0.308 e. The Hall–Kier alpha value is -3.85. The van der Waals surface area contributed by atoms with Crippen molar-refractivity contribution in [3.05, 3.63) is 108 Å². The van der Waals surface area contributed by atoms with Gasteiger partial charge in [-0.15, -0.1) is 0 Å². The minimum atomic E-state index is -0.326. The van der Waals surface area contributed by atoms with Gasteiger partial charge in [-0.25, -0.2) is 0 Å². The summed E-state index contributed by atoms with van der Waals surface area (Å²) in [6.45, 7) is 14.7. The predicted molar refractivity (Wildman–Crippen MR) is 166 cm³/mol. The molecule has 1 atom stereocenters. The highest BCUT2D eigenvalue weighted by Crippen LogP contribution is 2.44. The molecule has 0 N–H and O–H groups in total. The molecular weight excluding hydrogens is 492 g/mol. The van der Waals surface area contributed by atoms with E-state index in [-0.39, 0.29) is 17.0 Å². The Kier molecular flexibility index (Phi) is 8.83. The molecule has 40 heavy (non-hydrogen) atoms. The first-order valence-corrected chi connectivity index (χ1v) is 14.3. The van der Waals surface area contributed by atoms with E-state index in [1.807, 2.05) is 30.3 Å². The van der Waals surface area contributed by atoms with Gasteiger partial charge in [0.2, 0.25) is 0 Å². The van der Waals surface area contributed by atoms with Gasteiger partial charge < -0.3 is 9.47 Å². The van der Waals surface area contributed by atoms with Crippen LogP contribution in [0.25, 0.3) is 22.3 Å². The molecule has 208 valence electrons. The molecular formula is C37H42O3. The summed E-state index contributed by atoms with van der Waals surface area (Å²) >= 11 is 0. The second-order valence-corrected chi connectivity index (χ2v) is 11.9. The molecule has 0 radical (unpaired) electrons. The van der Waals surface area contributed by atoms with Crippen LogP contribution < -0.4 is 9.47 Å². The van der Waals surface area contributed by atoms with Gasteiger partial charge in [0, 0.05) is 23.5 Å². The molecule has 0 spiro atoms. The van der Waals surface area contributed by atoms with Crippen molar-refractivity contribution in [2.24, 2.45) is 5.92 Å². The smallest absolute Gasteiger partial charge is 0.308 e. The fourth-order valence-electron chi connectivity index (χ4n) is 5.35. The van der Waals surface area contributed by atoms with E-state index < -0.39 is 0 Å². The van der Waals surface area contributed by atoms with E-state index in [4.69, 9.17) is 9.47 Å². The first-order valence-electron chi connectivity index (χ1n) is 14.3. The summed E-state index contributed by atoms with van der Waals surface area (Å²) in [7, 11) is 0. The van der Waals surface area contributed by atoms with Crippen LogP contribution in [0.5, 0.6) is 11.5 Å². The highest BCUT2D eigenvalue weighted by Gasteiger charge is 2.32. The van der Waals surface area contributed by atoms with Crippen LogP contribution in [0.4, 0.5) is 0 Å². The van der Waals surface area contributed by atoms with Crippen LogP contribution in [-0.2, 0) is 10.2 Å². The maximum absolute atomic E-state index is 11.9. The highest BCUT2D eigenvalue weighted by molar-refractivity contribution is 5.78. The van der Waals surface area contributed by atoms with Gasteiger partial charge in [0.15, 0.2) is 0 Å². The molecule has 0 saturated carbocycles. The Morgan fingerprint density at radius 3 is 1.65 bits per heavy atom. The molecule has 4 aromatic rings. The SMILES string of the molecule is CCC(C)(C)Oc1ccc(C(C)(CC(C)C)c2ccc(OC(C)=O)c(-c3ccccc3)c2)cc1-c1ccccc1. The molecule has 3 heteroatoms. The fraction of sp³-hybridized carbons (Fsp3) is 0.324. The standard InChI is InChI=1S/C37H42O3/c1-8-36(5,6)40-35-22-20-31(24-33(35)29-17-13-10-14-18-29)37(7,25-26(2)3)30-19-21-34(39-27(4)38)32(23-30)28-15-11-9-12-16-28/h9-24,26H,8,25H2,1-7H3. The maximum atomic E-state index is 11.9. The zero-order valence-corrected chi connectivity index (χ0v) is 25.0. The molecule has 0 aliphatic rings. The second kappa shape index (κ2) is 12.1. The molecule has 4 aromatic carbocycles. The number of carbonyl (C=O) groups excluding carboxylic acids is 1. The average Bonchev–Trinajstić information content (AvgIpc) is 2.93. The van der Waals surface area contributed by atoms with Crippen molar-refractivity contribution in [2.45, 2.75) is 72.3 Å². The Labute approximate surface area is 240 Å². The molecule has 0 amide bonds. The summed E-state index contributed by atoms with van der Waals surface area (Å²) in [6.07, 6.45) is 1.86. The monoisotopic (exact) mass is 534 g/mol. The summed E-state index contributed by atoms with van der Waals surface area (Å²) in [5.74, 6) is 1.59. The van der Waals surface area contributed by atoms with E-state index in [0.29, 0.717) is 11.7 Å². The van der Waals surface area contributed by atoms with Crippen LogP contribution in [0, 0.1) is 5.92 Å². The summed E-state index contributed by atoms with van der Waals surface area (Å²) in [6, 6.07) is 33.5. The van der Waals surface area contributed by atoms with Gasteiger partial charge in [0.25, 0.3) is 0 Å². The third kappa shape index (κ3) is 6.65. The number of hydrogen-bond acceptors (Lipinski definition) is 3. The fourth-order valence-corrected chi connectivity index (χ4v) is 5.35. The molecule has 1 unspecified atom stereocenters. The van der Waals surface area contributed by atoms with Crippen LogP contribution >= 0.6 is 0 Å². The largest absolute Gasteiger partial charge is 0.487 e. The van der Waals surface area contributed by atoms with Gasteiger partial charge in [0.1, 0.15) is 17.1 Å². The molecule has 0 saturated heterocycles. The Morgan fingerprint density at radius 2 is 1.20 bits per heavy atom. The van der Waals surface area contributed by atoms with E-state index in [2.05, 4.69) is 108 Å². The number of benzene rings is 4. The third-order valence-electron chi connectivity index (χ3n) is 7.71. The Balaban J connectivity index is 1.92. The Bertz CT molecular complexity index is 1440. The van der Waals surface area contributed by atoms with E-state index in [0.717, 1.165) is 40.8 Å². The molecule has 0 fully saturated rings. The van der Waals surface area contributed by atoms with Crippen molar-refractivity contribution in [1.29, 1.82) is 0 Å². The zero-order chi connectivity index (χ0) is 28.9. The van der Waals surface area contributed by atoms with Gasteiger partial charge in [-0.3, -0.25) is 4.79 Å². The van der Waals surface area contributed by atoms with Crippen LogP contribution in [0.3, 0.4) is 0 Å². The van der Waals surface area contributed by atoms with E-state index in [1.165, 1.54) is 18.1 Å². The van der Waals surface area contributed by atoms with Crippen molar-refractivity contribution in [2.75, 3.05) is 0 Å². The van der Waals surface area contributed by atoms with Crippen LogP contribution in [0.15, 0.2) is 97.1 Å². The van der Waals surface area contributed by atoms with Crippen LogP contribution in [-0.4, -0.2) is 11.6 Å². The van der Waals surface area contributed by atoms with Gasteiger partial charge in [-0.2, -0.15) is 0 Å². The lowest BCUT2D eigenvalue weighted by Gasteiger charge is -2.35. The van der Waals surface area contributed by atoms with Crippen molar-refractivity contribution >= 4 is 5.97 Å². The minimum absolute atomic E-state index is 0.274. The molecule has 0 aliphatic carbocycles. The van der Waals surface area contributed by atoms with Crippen LogP contribution in [0.1, 0.15) is 72.4 Å². The van der Waals surface area contributed by atoms with Crippen LogP contribution in [0.2, 0.25) is 0 Å². The summed E-state index contributed by atoms with van der Waals surface area (Å²) in [4.78, 5) is 11.9. The summed E-state index contributed by atoms with van der Waals surface area (Å²) in [5.41, 5.74) is 5.98. The molecule has 0 aromatic heterocycles. The molecule has 4 rings (SSSR count). The number of hydrogen-bond donors (Lipinski definition) is 0. The highest BCUT2D eigenvalue weighted by atomic mass is 16.5. The quantitative estimate of drug-likeness (QED) is 0.150. The lowest BCUT2D eigenvalue weighted by atomic mass is 9.70. The van der Waals surface area contributed by atoms with Crippen molar-refractivity contribution in [1.82, 2.24) is 0 Å².